The number of carbonyl (C=O) groups is 1. The van der Waals surface area contributed by atoms with Crippen molar-refractivity contribution >= 4 is 17.4 Å². The molecule has 152 valence electrons. The van der Waals surface area contributed by atoms with E-state index >= 15 is 0 Å². The van der Waals surface area contributed by atoms with E-state index in [4.69, 9.17) is 5.73 Å². The Hall–Kier alpha value is -3.89. The van der Waals surface area contributed by atoms with Crippen LogP contribution in [-0.2, 0) is 13.1 Å². The Morgan fingerprint density at radius 2 is 2.07 bits per heavy atom. The molecule has 3 rings (SSSR count). The van der Waals surface area contributed by atoms with E-state index in [1.165, 1.54) is 34.0 Å². The third kappa shape index (κ3) is 3.74. The zero-order valence-corrected chi connectivity index (χ0v) is 16.0. The fraction of sp³-hybridized carbons (Fsp3) is 0.278. The standard InChI is InChI=1S/C18H21N7O4/c1-3-7-24-17(27)14(15(19)23(4-2)18(24)28)21-16(26)12-9-20-25(10-12)13-6-5-8-22(29)11-13/h5-6,8-11H,3-4,7,19H2,1-2H3,(H,21,26). The van der Waals surface area contributed by atoms with Gasteiger partial charge in [0, 0.05) is 25.4 Å². The first-order valence-electron chi connectivity index (χ1n) is 9.05. The molecule has 0 aliphatic carbocycles. The van der Waals surface area contributed by atoms with Gasteiger partial charge in [-0.3, -0.25) is 18.7 Å². The summed E-state index contributed by atoms with van der Waals surface area (Å²) in [6.45, 7) is 4.01. The molecule has 29 heavy (non-hydrogen) atoms. The maximum absolute atomic E-state index is 12.7. The number of nitrogens with zero attached hydrogens (tertiary/aromatic N) is 5. The highest BCUT2D eigenvalue weighted by Gasteiger charge is 2.19. The van der Waals surface area contributed by atoms with Crippen LogP contribution in [0.1, 0.15) is 30.6 Å². The molecule has 0 fully saturated rings. The van der Waals surface area contributed by atoms with Crippen LogP contribution in [0.4, 0.5) is 11.5 Å². The Labute approximate surface area is 165 Å². The van der Waals surface area contributed by atoms with Gasteiger partial charge in [0.05, 0.1) is 11.8 Å². The van der Waals surface area contributed by atoms with Gasteiger partial charge in [-0.2, -0.15) is 9.83 Å². The van der Waals surface area contributed by atoms with Crippen molar-refractivity contribution < 1.29 is 9.52 Å². The quantitative estimate of drug-likeness (QED) is 0.444. The summed E-state index contributed by atoms with van der Waals surface area (Å²) in [5, 5.41) is 18.0. The summed E-state index contributed by atoms with van der Waals surface area (Å²) < 4.78 is 4.25. The van der Waals surface area contributed by atoms with Gasteiger partial charge in [-0.1, -0.05) is 6.92 Å². The van der Waals surface area contributed by atoms with Gasteiger partial charge in [-0.05, 0) is 19.4 Å². The van der Waals surface area contributed by atoms with Crippen LogP contribution in [0.25, 0.3) is 5.69 Å². The summed E-state index contributed by atoms with van der Waals surface area (Å²) in [6, 6.07) is 3.20. The Morgan fingerprint density at radius 3 is 2.72 bits per heavy atom. The molecule has 0 aromatic carbocycles. The molecule has 11 heteroatoms. The molecule has 0 unspecified atom stereocenters. The fourth-order valence-corrected chi connectivity index (χ4v) is 2.90. The molecule has 3 aromatic heterocycles. The minimum atomic E-state index is -0.657. The summed E-state index contributed by atoms with van der Waals surface area (Å²) >= 11 is 0. The first-order valence-corrected chi connectivity index (χ1v) is 9.05. The van der Waals surface area contributed by atoms with Gasteiger partial charge in [-0.25, -0.2) is 9.48 Å². The molecule has 1 amide bonds. The Balaban J connectivity index is 1.96. The van der Waals surface area contributed by atoms with Crippen molar-refractivity contribution in [3.05, 3.63) is 68.5 Å². The van der Waals surface area contributed by atoms with Crippen LogP contribution in [0.15, 0.2) is 46.5 Å². The lowest BCUT2D eigenvalue weighted by Crippen LogP contribution is -2.42. The average Bonchev–Trinajstić information content (AvgIpc) is 3.19. The lowest BCUT2D eigenvalue weighted by Gasteiger charge is -2.15. The molecule has 0 aliphatic rings. The zero-order chi connectivity index (χ0) is 21.1. The summed E-state index contributed by atoms with van der Waals surface area (Å²) in [7, 11) is 0. The van der Waals surface area contributed by atoms with E-state index < -0.39 is 17.2 Å². The van der Waals surface area contributed by atoms with Crippen molar-refractivity contribution in [1.82, 2.24) is 18.9 Å². The summed E-state index contributed by atoms with van der Waals surface area (Å²) in [6.07, 6.45) is 5.91. The third-order valence-corrected chi connectivity index (χ3v) is 4.34. The van der Waals surface area contributed by atoms with Gasteiger partial charge < -0.3 is 16.3 Å². The SMILES string of the molecule is CCCn1c(=O)c(NC(=O)c2cnn(-c3ccc[n+]([O-])c3)c2)c(N)n(CC)c1=O. The van der Waals surface area contributed by atoms with Crippen molar-refractivity contribution in [3.8, 4) is 5.69 Å². The number of nitrogens with two attached hydrogens (primary N) is 1. The van der Waals surface area contributed by atoms with Crippen molar-refractivity contribution in [2.45, 2.75) is 33.4 Å². The van der Waals surface area contributed by atoms with E-state index in [9.17, 15) is 19.6 Å². The van der Waals surface area contributed by atoms with E-state index in [2.05, 4.69) is 10.4 Å². The number of pyridine rings is 1. The summed E-state index contributed by atoms with van der Waals surface area (Å²) in [5.41, 5.74) is 5.26. The first kappa shape index (κ1) is 19.9. The van der Waals surface area contributed by atoms with Gasteiger partial charge in [0.15, 0.2) is 6.20 Å². The summed E-state index contributed by atoms with van der Waals surface area (Å²) in [4.78, 5) is 37.8. The van der Waals surface area contributed by atoms with Crippen LogP contribution in [0.3, 0.4) is 0 Å². The number of nitrogen functional groups attached to an aromatic ring is 1. The third-order valence-electron chi connectivity index (χ3n) is 4.34. The Bertz CT molecular complexity index is 1180. The Kier molecular flexibility index (Phi) is 5.48. The number of hydrogen-bond donors (Lipinski definition) is 2. The van der Waals surface area contributed by atoms with Crippen LogP contribution >= 0.6 is 0 Å². The molecule has 11 nitrogen and oxygen atoms in total. The van der Waals surface area contributed by atoms with E-state index in [1.54, 1.807) is 19.1 Å². The molecular weight excluding hydrogens is 378 g/mol. The molecule has 0 bridgehead atoms. The lowest BCUT2D eigenvalue weighted by atomic mass is 10.3. The van der Waals surface area contributed by atoms with Gasteiger partial charge in [0.1, 0.15) is 17.2 Å². The normalized spacial score (nSPS) is 10.8. The van der Waals surface area contributed by atoms with E-state index in [0.717, 1.165) is 4.57 Å². The number of carbonyl (C=O) groups excluding carboxylic acids is 1. The second kappa shape index (κ2) is 8.00. The van der Waals surface area contributed by atoms with Crippen molar-refractivity contribution in [1.29, 1.82) is 0 Å². The van der Waals surface area contributed by atoms with Crippen LogP contribution in [0.2, 0.25) is 0 Å². The minimum absolute atomic E-state index is 0.106. The molecule has 0 radical (unpaired) electrons. The van der Waals surface area contributed by atoms with Crippen LogP contribution < -0.4 is 27.0 Å². The molecule has 0 aliphatic heterocycles. The predicted molar refractivity (Wildman–Crippen MR) is 106 cm³/mol. The van der Waals surface area contributed by atoms with E-state index in [1.807, 2.05) is 6.92 Å². The van der Waals surface area contributed by atoms with Gasteiger partial charge in [0.2, 0.25) is 6.20 Å². The molecule has 3 heterocycles. The number of rotatable bonds is 6. The van der Waals surface area contributed by atoms with Gasteiger partial charge in [-0.15, -0.1) is 0 Å². The number of amides is 1. The topological polar surface area (TPSA) is 144 Å². The van der Waals surface area contributed by atoms with Crippen molar-refractivity contribution in [2.75, 3.05) is 11.1 Å². The monoisotopic (exact) mass is 399 g/mol. The maximum atomic E-state index is 12.7. The van der Waals surface area contributed by atoms with Crippen LogP contribution in [0, 0.1) is 5.21 Å². The molecule has 0 saturated carbocycles. The number of nitrogens with one attached hydrogen (secondary N) is 1. The molecule has 3 aromatic rings. The van der Waals surface area contributed by atoms with Crippen molar-refractivity contribution in [3.63, 3.8) is 0 Å². The first-order chi connectivity index (χ1) is 13.9. The minimum Gasteiger partial charge on any atom is -0.619 e. The molecule has 0 atom stereocenters. The second-order valence-corrected chi connectivity index (χ2v) is 6.29. The highest BCUT2D eigenvalue weighted by Crippen LogP contribution is 2.13. The molecular formula is C18H21N7O4. The predicted octanol–water partition coefficient (Wildman–Crippen LogP) is 0.0935. The molecule has 0 spiro atoms. The lowest BCUT2D eigenvalue weighted by molar-refractivity contribution is -0.605. The zero-order valence-electron chi connectivity index (χ0n) is 16.0. The van der Waals surface area contributed by atoms with Crippen molar-refractivity contribution in [2.24, 2.45) is 0 Å². The fourth-order valence-electron chi connectivity index (χ4n) is 2.90. The van der Waals surface area contributed by atoms with Crippen LogP contribution in [-0.4, -0.2) is 24.8 Å². The maximum Gasteiger partial charge on any atom is 0.332 e. The smallest absolute Gasteiger partial charge is 0.332 e. The number of hydrogen-bond acceptors (Lipinski definition) is 6. The second-order valence-electron chi connectivity index (χ2n) is 6.29. The molecule has 3 N–H and O–H groups in total. The number of aromatic nitrogens is 5. The molecule has 0 saturated heterocycles. The van der Waals surface area contributed by atoms with Gasteiger partial charge >= 0.3 is 5.69 Å². The van der Waals surface area contributed by atoms with Crippen LogP contribution in [0.5, 0.6) is 0 Å². The number of anilines is 2. The largest absolute Gasteiger partial charge is 0.619 e. The van der Waals surface area contributed by atoms with E-state index in [0.29, 0.717) is 16.8 Å². The summed E-state index contributed by atoms with van der Waals surface area (Å²) in [5.74, 6) is -0.721. The highest BCUT2D eigenvalue weighted by atomic mass is 16.5. The average molecular weight is 399 g/mol. The highest BCUT2D eigenvalue weighted by molar-refractivity contribution is 6.05. The van der Waals surface area contributed by atoms with E-state index in [-0.39, 0.29) is 30.2 Å². The Morgan fingerprint density at radius 1 is 1.31 bits per heavy atom. The van der Waals surface area contributed by atoms with Gasteiger partial charge in [0.25, 0.3) is 11.5 Å².